The Kier molecular flexibility index (Phi) is 3.79. The van der Waals surface area contributed by atoms with Crippen LogP contribution in [0.1, 0.15) is 28.9 Å². The molecule has 100 valence electrons. The molecule has 0 saturated carbocycles. The second kappa shape index (κ2) is 5.51. The average molecular weight is 261 g/mol. The fraction of sp³-hybridized carbons (Fsp3) is 0.308. The van der Waals surface area contributed by atoms with Gasteiger partial charge in [0.05, 0.1) is 29.9 Å². The number of carbonyl (C=O) groups is 1. The molecule has 6 nitrogen and oxygen atoms in total. The second-order valence-electron chi connectivity index (χ2n) is 3.92. The van der Waals surface area contributed by atoms with Crippen LogP contribution in [-0.4, -0.2) is 22.5 Å². The molecule has 2 aromatic heterocycles. The maximum Gasteiger partial charge on any atom is 0.316 e. The van der Waals surface area contributed by atoms with Gasteiger partial charge in [0.2, 0.25) is 0 Å². The Bertz CT molecular complexity index is 556. The van der Waals surface area contributed by atoms with Gasteiger partial charge in [-0.05, 0) is 32.9 Å². The highest BCUT2D eigenvalue weighted by Crippen LogP contribution is 2.20. The van der Waals surface area contributed by atoms with Crippen molar-refractivity contribution in [1.29, 1.82) is 0 Å². The number of carbonyl (C=O) groups excluding carboxylic acids is 1. The molecule has 0 atom stereocenters. The molecule has 2 aromatic rings. The van der Waals surface area contributed by atoms with E-state index in [0.29, 0.717) is 29.7 Å². The molecule has 6 heteroatoms. The number of nitrogens with zero attached hydrogens (tertiary/aromatic N) is 2. The van der Waals surface area contributed by atoms with E-state index in [1.165, 1.54) is 6.26 Å². The predicted octanol–water partition coefficient (Wildman–Crippen LogP) is 2.34. The van der Waals surface area contributed by atoms with E-state index in [-0.39, 0.29) is 11.7 Å². The van der Waals surface area contributed by atoms with Gasteiger partial charge < -0.3 is 14.5 Å². The van der Waals surface area contributed by atoms with Crippen LogP contribution in [-0.2, 0) is 0 Å². The molecular weight excluding hydrogens is 246 g/mol. The van der Waals surface area contributed by atoms with Gasteiger partial charge in [0, 0.05) is 0 Å². The molecule has 0 aliphatic heterocycles. The molecule has 0 unspecified atom stereocenters. The highest BCUT2D eigenvalue weighted by atomic mass is 16.5. The summed E-state index contributed by atoms with van der Waals surface area (Å²) in [7, 11) is 0. The van der Waals surface area contributed by atoms with Gasteiger partial charge >= 0.3 is 6.01 Å². The zero-order valence-electron chi connectivity index (χ0n) is 11.1. The Balaban J connectivity index is 2.23. The molecular formula is C13H15N3O3. The zero-order chi connectivity index (χ0) is 13.8. The molecule has 2 rings (SSSR count). The molecule has 2 heterocycles. The van der Waals surface area contributed by atoms with Crippen LogP contribution < -0.4 is 10.1 Å². The summed E-state index contributed by atoms with van der Waals surface area (Å²) < 4.78 is 10.3. The number of anilines is 1. The van der Waals surface area contributed by atoms with Crippen LogP contribution in [0, 0.1) is 13.8 Å². The van der Waals surface area contributed by atoms with Gasteiger partial charge in [0.15, 0.2) is 5.76 Å². The molecule has 0 fully saturated rings. The summed E-state index contributed by atoms with van der Waals surface area (Å²) in [6.45, 7) is 5.93. The number of rotatable bonds is 4. The van der Waals surface area contributed by atoms with Gasteiger partial charge in [-0.2, -0.15) is 9.97 Å². The van der Waals surface area contributed by atoms with Gasteiger partial charge in [0.25, 0.3) is 5.91 Å². The quantitative estimate of drug-likeness (QED) is 0.914. The van der Waals surface area contributed by atoms with E-state index < -0.39 is 0 Å². The van der Waals surface area contributed by atoms with Crippen molar-refractivity contribution in [3.05, 3.63) is 35.5 Å². The summed E-state index contributed by atoms with van der Waals surface area (Å²) in [6.07, 6.45) is 1.45. The van der Waals surface area contributed by atoms with Crippen molar-refractivity contribution in [3.8, 4) is 6.01 Å². The largest absolute Gasteiger partial charge is 0.464 e. The van der Waals surface area contributed by atoms with E-state index in [1.54, 1.807) is 26.0 Å². The number of hydrogen-bond donors (Lipinski definition) is 1. The van der Waals surface area contributed by atoms with Crippen molar-refractivity contribution < 1.29 is 13.9 Å². The Morgan fingerprint density at radius 2 is 2.05 bits per heavy atom. The summed E-state index contributed by atoms with van der Waals surface area (Å²) >= 11 is 0. The first-order valence-corrected chi connectivity index (χ1v) is 5.94. The summed E-state index contributed by atoms with van der Waals surface area (Å²) in [5.41, 5.74) is 1.87. The third-order valence-electron chi connectivity index (χ3n) is 2.51. The number of nitrogens with one attached hydrogen (secondary N) is 1. The Labute approximate surface area is 110 Å². The lowest BCUT2D eigenvalue weighted by atomic mass is 10.2. The lowest BCUT2D eigenvalue weighted by Gasteiger charge is -2.11. The fourth-order valence-corrected chi connectivity index (χ4v) is 1.64. The van der Waals surface area contributed by atoms with Crippen LogP contribution >= 0.6 is 0 Å². The van der Waals surface area contributed by atoms with Crippen molar-refractivity contribution >= 4 is 11.6 Å². The summed E-state index contributed by atoms with van der Waals surface area (Å²) in [4.78, 5) is 20.3. The zero-order valence-corrected chi connectivity index (χ0v) is 11.1. The third-order valence-corrected chi connectivity index (χ3v) is 2.51. The first-order valence-electron chi connectivity index (χ1n) is 5.94. The minimum absolute atomic E-state index is 0.243. The van der Waals surface area contributed by atoms with Gasteiger partial charge in [-0.25, -0.2) is 0 Å². The standard InChI is InChI=1S/C13H15N3O3/c1-4-18-13-14-8(2)11(9(3)15-13)16-12(17)10-6-5-7-19-10/h5-7H,4H2,1-3H3,(H,16,17). The summed E-state index contributed by atoms with van der Waals surface area (Å²) in [5, 5.41) is 2.74. The van der Waals surface area contributed by atoms with E-state index in [1.807, 2.05) is 6.92 Å². The summed E-state index contributed by atoms with van der Waals surface area (Å²) in [5.74, 6) is -0.0864. The van der Waals surface area contributed by atoms with Crippen LogP contribution in [0.3, 0.4) is 0 Å². The maximum absolute atomic E-state index is 11.9. The second-order valence-corrected chi connectivity index (χ2v) is 3.92. The maximum atomic E-state index is 11.9. The topological polar surface area (TPSA) is 77.2 Å². The average Bonchev–Trinajstić information content (AvgIpc) is 2.88. The first kappa shape index (κ1) is 13.1. The monoisotopic (exact) mass is 261 g/mol. The van der Waals surface area contributed by atoms with Gasteiger partial charge in [0.1, 0.15) is 0 Å². The normalized spacial score (nSPS) is 10.3. The Hall–Kier alpha value is -2.37. The van der Waals surface area contributed by atoms with Crippen molar-refractivity contribution in [2.24, 2.45) is 0 Å². The van der Waals surface area contributed by atoms with E-state index >= 15 is 0 Å². The number of aromatic nitrogens is 2. The smallest absolute Gasteiger partial charge is 0.316 e. The molecule has 0 spiro atoms. The number of hydrogen-bond acceptors (Lipinski definition) is 5. The first-order chi connectivity index (χ1) is 9.11. The summed E-state index contributed by atoms with van der Waals surface area (Å²) in [6, 6.07) is 3.56. The van der Waals surface area contributed by atoms with Gasteiger partial charge in [-0.1, -0.05) is 0 Å². The van der Waals surface area contributed by atoms with Crippen molar-refractivity contribution in [1.82, 2.24) is 9.97 Å². The molecule has 0 bridgehead atoms. The molecule has 0 saturated heterocycles. The lowest BCUT2D eigenvalue weighted by Crippen LogP contribution is -2.15. The molecule has 19 heavy (non-hydrogen) atoms. The molecule has 0 aliphatic rings. The number of furan rings is 1. The lowest BCUT2D eigenvalue weighted by molar-refractivity contribution is 0.0996. The molecule has 0 radical (unpaired) electrons. The molecule has 1 N–H and O–H groups in total. The van der Waals surface area contributed by atoms with E-state index in [2.05, 4.69) is 15.3 Å². The van der Waals surface area contributed by atoms with Crippen LogP contribution in [0.5, 0.6) is 6.01 Å². The van der Waals surface area contributed by atoms with Crippen LogP contribution in [0.2, 0.25) is 0 Å². The fourth-order valence-electron chi connectivity index (χ4n) is 1.64. The van der Waals surface area contributed by atoms with Crippen LogP contribution in [0.4, 0.5) is 5.69 Å². The van der Waals surface area contributed by atoms with E-state index in [0.717, 1.165) is 0 Å². The predicted molar refractivity (Wildman–Crippen MR) is 69.3 cm³/mol. The highest BCUT2D eigenvalue weighted by Gasteiger charge is 2.14. The van der Waals surface area contributed by atoms with Gasteiger partial charge in [-0.15, -0.1) is 0 Å². The molecule has 0 aliphatic carbocycles. The molecule has 1 amide bonds. The Morgan fingerprint density at radius 1 is 1.37 bits per heavy atom. The van der Waals surface area contributed by atoms with Crippen LogP contribution in [0.15, 0.2) is 22.8 Å². The minimum Gasteiger partial charge on any atom is -0.464 e. The van der Waals surface area contributed by atoms with Crippen molar-refractivity contribution in [2.75, 3.05) is 11.9 Å². The van der Waals surface area contributed by atoms with Crippen molar-refractivity contribution in [3.63, 3.8) is 0 Å². The number of aryl methyl sites for hydroxylation is 2. The van der Waals surface area contributed by atoms with Gasteiger partial charge in [-0.3, -0.25) is 4.79 Å². The van der Waals surface area contributed by atoms with Crippen molar-refractivity contribution in [2.45, 2.75) is 20.8 Å². The SMILES string of the molecule is CCOc1nc(C)c(NC(=O)c2ccco2)c(C)n1. The third kappa shape index (κ3) is 2.90. The molecule has 0 aromatic carbocycles. The Morgan fingerprint density at radius 3 is 2.58 bits per heavy atom. The van der Waals surface area contributed by atoms with Crippen LogP contribution in [0.25, 0.3) is 0 Å². The number of ether oxygens (including phenoxy) is 1. The number of amides is 1. The highest BCUT2D eigenvalue weighted by molar-refractivity contribution is 6.02. The van der Waals surface area contributed by atoms with E-state index in [9.17, 15) is 4.79 Å². The minimum atomic E-state index is -0.330. The van der Waals surface area contributed by atoms with E-state index in [4.69, 9.17) is 9.15 Å².